The maximum Gasteiger partial charge on any atom is 0.412 e. The molecule has 1 aliphatic heterocycles. The zero-order valence-electron chi connectivity index (χ0n) is 22.6. The number of nitrogens with zero attached hydrogens (tertiary/aromatic N) is 1. The molecule has 10 nitrogen and oxygen atoms in total. The summed E-state index contributed by atoms with van der Waals surface area (Å²) < 4.78 is 11.2. The highest BCUT2D eigenvalue weighted by molar-refractivity contribution is 5.89. The van der Waals surface area contributed by atoms with Crippen LogP contribution in [0.3, 0.4) is 0 Å². The first-order chi connectivity index (χ1) is 18.5. The summed E-state index contributed by atoms with van der Waals surface area (Å²) in [5.74, 6) is -2.20. The number of hydrogen-bond acceptors (Lipinski definition) is 6. The minimum Gasteiger partial charge on any atom is -0.480 e. The highest BCUT2D eigenvalue weighted by Gasteiger charge is 2.32. The van der Waals surface area contributed by atoms with E-state index in [1.165, 1.54) is 4.90 Å². The number of carbonyl (C=O) groups excluding carboxylic acids is 3. The predicted molar refractivity (Wildman–Crippen MR) is 145 cm³/mol. The Morgan fingerprint density at radius 3 is 2.49 bits per heavy atom. The molecule has 3 amide bonds. The van der Waals surface area contributed by atoms with Crippen LogP contribution in [0.4, 0.5) is 4.79 Å². The van der Waals surface area contributed by atoms with Crippen LogP contribution in [0.1, 0.15) is 45.6 Å². The molecule has 0 bridgehead atoms. The second kappa shape index (κ2) is 13.7. The highest BCUT2D eigenvalue weighted by Crippen LogP contribution is 2.22. The van der Waals surface area contributed by atoms with Crippen molar-refractivity contribution in [1.82, 2.24) is 15.5 Å². The molecule has 1 fully saturated rings. The zero-order chi connectivity index (χ0) is 28.4. The number of rotatable bonds is 10. The van der Waals surface area contributed by atoms with Gasteiger partial charge in [0.25, 0.3) is 0 Å². The van der Waals surface area contributed by atoms with E-state index in [2.05, 4.69) is 10.6 Å². The maximum atomic E-state index is 12.9. The van der Waals surface area contributed by atoms with E-state index in [1.54, 1.807) is 20.8 Å². The van der Waals surface area contributed by atoms with Crippen molar-refractivity contribution in [3.63, 3.8) is 0 Å². The summed E-state index contributed by atoms with van der Waals surface area (Å²) in [4.78, 5) is 50.9. The lowest BCUT2D eigenvalue weighted by atomic mass is 9.99. The molecule has 10 heteroatoms. The highest BCUT2D eigenvalue weighted by atomic mass is 16.6. The van der Waals surface area contributed by atoms with E-state index < -0.39 is 48.3 Å². The van der Waals surface area contributed by atoms with Gasteiger partial charge in [0.05, 0.1) is 6.61 Å². The average molecular weight is 540 g/mol. The SMILES string of the molecule is CC(C)(C)OC(=O)N1CCCOC1CCC(=O)N[C@@H](Cc1cccc(-c2ccccc2)c1)C(=O)NCC(=O)O. The third-order valence-electron chi connectivity index (χ3n) is 5.99. The molecule has 0 spiro atoms. The second-order valence-corrected chi connectivity index (χ2v) is 10.4. The van der Waals surface area contributed by atoms with Gasteiger partial charge in [-0.15, -0.1) is 0 Å². The fraction of sp³-hybridized carbons (Fsp3) is 0.448. The van der Waals surface area contributed by atoms with Gasteiger partial charge in [-0.3, -0.25) is 19.3 Å². The first kappa shape index (κ1) is 29.6. The largest absolute Gasteiger partial charge is 0.480 e. The fourth-order valence-corrected chi connectivity index (χ4v) is 4.22. The Bertz CT molecular complexity index is 1150. The molecule has 0 radical (unpaired) electrons. The minimum atomic E-state index is -1.18. The summed E-state index contributed by atoms with van der Waals surface area (Å²) >= 11 is 0. The molecular formula is C29H37N3O7. The predicted octanol–water partition coefficient (Wildman–Crippen LogP) is 3.35. The molecule has 0 saturated carbocycles. The Morgan fingerprint density at radius 2 is 1.79 bits per heavy atom. The number of benzene rings is 2. The summed E-state index contributed by atoms with van der Waals surface area (Å²) in [6.45, 7) is 5.70. The first-order valence-electron chi connectivity index (χ1n) is 13.1. The van der Waals surface area contributed by atoms with E-state index in [0.717, 1.165) is 16.7 Å². The first-order valence-corrected chi connectivity index (χ1v) is 13.1. The van der Waals surface area contributed by atoms with Crippen molar-refractivity contribution in [2.45, 2.75) is 64.3 Å². The van der Waals surface area contributed by atoms with E-state index >= 15 is 0 Å². The van der Waals surface area contributed by atoms with Gasteiger partial charge in [-0.25, -0.2) is 4.79 Å². The lowest BCUT2D eigenvalue weighted by Crippen LogP contribution is -2.50. The van der Waals surface area contributed by atoms with E-state index in [9.17, 15) is 19.2 Å². The van der Waals surface area contributed by atoms with E-state index in [1.807, 2.05) is 54.6 Å². The van der Waals surface area contributed by atoms with Crippen LogP contribution in [-0.2, 0) is 30.3 Å². The molecule has 2 aromatic carbocycles. The molecule has 3 rings (SSSR count). The zero-order valence-corrected chi connectivity index (χ0v) is 22.6. The Balaban J connectivity index is 1.67. The quantitative estimate of drug-likeness (QED) is 0.422. The Labute approximate surface area is 228 Å². The molecular weight excluding hydrogens is 502 g/mol. The van der Waals surface area contributed by atoms with Crippen molar-refractivity contribution in [3.8, 4) is 11.1 Å². The second-order valence-electron chi connectivity index (χ2n) is 10.4. The van der Waals surface area contributed by atoms with Crippen LogP contribution in [0.15, 0.2) is 54.6 Å². The van der Waals surface area contributed by atoms with E-state index in [-0.39, 0.29) is 19.3 Å². The van der Waals surface area contributed by atoms with Crippen LogP contribution in [0, 0.1) is 0 Å². The van der Waals surface area contributed by atoms with Crippen LogP contribution in [0.2, 0.25) is 0 Å². The number of carbonyl (C=O) groups is 4. The molecule has 210 valence electrons. The number of aliphatic carboxylic acids is 1. The van der Waals surface area contributed by atoms with Crippen LogP contribution in [0.5, 0.6) is 0 Å². The topological polar surface area (TPSA) is 134 Å². The van der Waals surface area contributed by atoms with Crippen molar-refractivity contribution in [1.29, 1.82) is 0 Å². The number of nitrogens with one attached hydrogen (secondary N) is 2. The molecule has 2 aromatic rings. The van der Waals surface area contributed by atoms with Gasteiger partial charge in [-0.1, -0.05) is 54.6 Å². The Kier molecular flexibility index (Phi) is 10.4. The molecule has 1 aliphatic rings. The van der Waals surface area contributed by atoms with Crippen LogP contribution in [0.25, 0.3) is 11.1 Å². The van der Waals surface area contributed by atoms with Gasteiger partial charge in [0, 0.05) is 25.8 Å². The summed E-state index contributed by atoms with van der Waals surface area (Å²) in [6, 6.07) is 16.4. The number of ether oxygens (including phenoxy) is 2. The van der Waals surface area contributed by atoms with Gasteiger partial charge in [-0.05, 0) is 43.9 Å². The smallest absolute Gasteiger partial charge is 0.412 e. The lowest BCUT2D eigenvalue weighted by Gasteiger charge is -2.36. The van der Waals surface area contributed by atoms with Crippen molar-refractivity contribution < 1.29 is 33.8 Å². The molecule has 3 N–H and O–H groups in total. The minimum absolute atomic E-state index is 0.00324. The monoisotopic (exact) mass is 539 g/mol. The maximum absolute atomic E-state index is 12.9. The Hall–Kier alpha value is -3.92. The molecule has 0 aromatic heterocycles. The molecule has 1 unspecified atom stereocenters. The van der Waals surface area contributed by atoms with Gasteiger partial charge in [0.1, 0.15) is 24.4 Å². The number of hydrogen-bond donors (Lipinski definition) is 3. The Morgan fingerprint density at radius 1 is 1.08 bits per heavy atom. The lowest BCUT2D eigenvalue weighted by molar-refractivity contribution is -0.138. The van der Waals surface area contributed by atoms with E-state index in [0.29, 0.717) is 19.6 Å². The van der Waals surface area contributed by atoms with Crippen molar-refractivity contribution in [2.75, 3.05) is 19.7 Å². The molecule has 1 saturated heterocycles. The molecule has 0 aliphatic carbocycles. The average Bonchev–Trinajstić information content (AvgIpc) is 2.90. The van der Waals surface area contributed by atoms with Gasteiger partial charge in [0.2, 0.25) is 11.8 Å². The van der Waals surface area contributed by atoms with Crippen LogP contribution >= 0.6 is 0 Å². The molecule has 1 heterocycles. The van der Waals surface area contributed by atoms with Crippen LogP contribution < -0.4 is 10.6 Å². The van der Waals surface area contributed by atoms with Crippen molar-refractivity contribution in [3.05, 3.63) is 60.2 Å². The van der Waals surface area contributed by atoms with Crippen molar-refractivity contribution >= 4 is 23.9 Å². The van der Waals surface area contributed by atoms with Crippen LogP contribution in [-0.4, -0.2) is 71.5 Å². The number of carboxylic acids is 1. The number of amides is 3. The summed E-state index contributed by atoms with van der Waals surface area (Å²) in [5.41, 5.74) is 2.11. The van der Waals surface area contributed by atoms with E-state index in [4.69, 9.17) is 14.6 Å². The fourth-order valence-electron chi connectivity index (χ4n) is 4.22. The van der Waals surface area contributed by atoms with Gasteiger partial charge in [-0.2, -0.15) is 0 Å². The third-order valence-corrected chi connectivity index (χ3v) is 5.99. The summed E-state index contributed by atoms with van der Waals surface area (Å²) in [7, 11) is 0. The molecule has 2 atom stereocenters. The number of carboxylic acid groups (broad SMARTS) is 1. The standard InChI is InChI=1S/C29H37N3O7/c1-29(2,3)39-28(37)32-15-8-16-38-25(32)14-13-24(33)31-23(27(36)30-19-26(34)35)18-20-9-7-12-22(17-20)21-10-5-4-6-11-21/h4-7,9-12,17,23,25H,8,13-16,18-19H2,1-3H3,(H,30,36)(H,31,33)(H,34,35)/t23-,25?/m0/s1. The van der Waals surface area contributed by atoms with Gasteiger partial charge >= 0.3 is 12.1 Å². The van der Waals surface area contributed by atoms with Gasteiger partial charge < -0.3 is 25.2 Å². The summed E-state index contributed by atoms with van der Waals surface area (Å²) in [5, 5.41) is 14.1. The normalized spacial score (nSPS) is 16.2. The third kappa shape index (κ3) is 9.72. The summed E-state index contributed by atoms with van der Waals surface area (Å²) in [6.07, 6.45) is -0.0788. The van der Waals surface area contributed by atoms with Gasteiger partial charge in [0.15, 0.2) is 0 Å². The molecule has 39 heavy (non-hydrogen) atoms. The van der Waals surface area contributed by atoms with Crippen molar-refractivity contribution in [2.24, 2.45) is 0 Å².